The number of halogens is 2. The summed E-state index contributed by atoms with van der Waals surface area (Å²) in [6.07, 6.45) is 0. The molecule has 0 aliphatic carbocycles. The van der Waals surface area contributed by atoms with Gasteiger partial charge in [-0.1, -0.05) is 0 Å². The van der Waals surface area contributed by atoms with E-state index in [1.54, 1.807) is 35.0 Å². The Bertz CT molecular complexity index is 322. The molecule has 0 atom stereocenters. The fourth-order valence-electron chi connectivity index (χ4n) is 0.525. The number of carbonyl (C=O) groups excluding carboxylic acids is 1. The molecule has 0 spiro atoms. The number of aliphatic carboxylic acids is 1. The van der Waals surface area contributed by atoms with Crippen LogP contribution in [0.4, 0.5) is 0 Å². The molecule has 160 valence electrons. The molecule has 0 aliphatic heterocycles. The van der Waals surface area contributed by atoms with Crippen molar-refractivity contribution in [1.82, 2.24) is 0 Å². The van der Waals surface area contributed by atoms with Gasteiger partial charge in [0.25, 0.3) is 0 Å². The molecule has 0 saturated carbocycles. The maximum Gasteiger partial charge on any atom is 0.311 e. The van der Waals surface area contributed by atoms with E-state index < -0.39 is 16.8 Å². The van der Waals surface area contributed by atoms with E-state index in [0.717, 1.165) is 0 Å². The average molecular weight is 423 g/mol. The number of methoxy groups -OCH3 is 2. The van der Waals surface area contributed by atoms with Crippen LogP contribution in [0.3, 0.4) is 0 Å². The van der Waals surface area contributed by atoms with E-state index in [0.29, 0.717) is 19.8 Å². The van der Waals surface area contributed by atoms with Gasteiger partial charge in [0.05, 0.1) is 36.0 Å². The van der Waals surface area contributed by atoms with Crippen LogP contribution in [0.1, 0.15) is 41.5 Å². The van der Waals surface area contributed by atoms with Crippen LogP contribution in [-0.4, -0.2) is 68.1 Å². The summed E-state index contributed by atoms with van der Waals surface area (Å²) in [5.74, 6) is -0.943. The SMILES string of the molecule is CC(C)(C)C(=O)O.COCCO.COCCOC(=O)C(C)(C)C.ClCCl. The van der Waals surface area contributed by atoms with Crippen LogP contribution in [0.25, 0.3) is 0 Å². The number of ether oxygens (including phenoxy) is 3. The topological polar surface area (TPSA) is 102 Å². The van der Waals surface area contributed by atoms with Crippen LogP contribution in [0.5, 0.6) is 0 Å². The third-order valence-electron chi connectivity index (χ3n) is 2.07. The van der Waals surface area contributed by atoms with Gasteiger partial charge < -0.3 is 24.4 Å². The number of hydrogen-bond donors (Lipinski definition) is 2. The third kappa shape index (κ3) is 34.7. The van der Waals surface area contributed by atoms with Gasteiger partial charge in [-0.3, -0.25) is 9.59 Å². The molecule has 0 aromatic rings. The number of hydrogen-bond acceptors (Lipinski definition) is 6. The zero-order valence-electron chi connectivity index (χ0n) is 17.2. The Hall–Kier alpha value is -0.600. The highest BCUT2D eigenvalue weighted by Gasteiger charge is 2.22. The summed E-state index contributed by atoms with van der Waals surface area (Å²) >= 11 is 9.53. The Morgan fingerprint density at radius 1 is 0.846 bits per heavy atom. The number of alkyl halides is 2. The van der Waals surface area contributed by atoms with Gasteiger partial charge in [0.2, 0.25) is 0 Å². The van der Waals surface area contributed by atoms with Crippen molar-refractivity contribution in [2.75, 3.05) is 46.0 Å². The molecule has 0 radical (unpaired) electrons. The lowest BCUT2D eigenvalue weighted by atomic mass is 9.97. The van der Waals surface area contributed by atoms with Crippen molar-refractivity contribution in [2.45, 2.75) is 41.5 Å². The molecule has 0 aliphatic rings. The molecule has 7 nitrogen and oxygen atoms in total. The van der Waals surface area contributed by atoms with Gasteiger partial charge in [-0.25, -0.2) is 0 Å². The van der Waals surface area contributed by atoms with Crippen molar-refractivity contribution in [3.8, 4) is 0 Å². The Morgan fingerprint density at radius 2 is 1.19 bits per heavy atom. The van der Waals surface area contributed by atoms with Crippen molar-refractivity contribution < 1.29 is 34.0 Å². The first-order chi connectivity index (χ1) is 11.8. The molecule has 0 heterocycles. The summed E-state index contributed by atoms with van der Waals surface area (Å²) < 4.78 is 14.1. The number of rotatable bonds is 5. The second-order valence-corrected chi connectivity index (χ2v) is 7.56. The van der Waals surface area contributed by atoms with E-state index in [9.17, 15) is 9.59 Å². The lowest BCUT2D eigenvalue weighted by Gasteiger charge is -2.15. The predicted octanol–water partition coefficient (Wildman–Crippen LogP) is 3.39. The second kappa shape index (κ2) is 20.7. The van der Waals surface area contributed by atoms with Crippen molar-refractivity contribution >= 4 is 35.1 Å². The zero-order chi connectivity index (χ0) is 21.8. The van der Waals surface area contributed by atoms with Crippen LogP contribution in [0.15, 0.2) is 0 Å². The Balaban J connectivity index is -0.000000139. The van der Waals surface area contributed by atoms with Crippen LogP contribution in [-0.2, 0) is 23.8 Å². The van der Waals surface area contributed by atoms with E-state index in [-0.39, 0.29) is 17.9 Å². The lowest BCUT2D eigenvalue weighted by Crippen LogP contribution is -2.24. The Morgan fingerprint density at radius 3 is 1.35 bits per heavy atom. The van der Waals surface area contributed by atoms with Crippen LogP contribution in [0, 0.1) is 10.8 Å². The predicted molar refractivity (Wildman–Crippen MR) is 105 cm³/mol. The molecule has 0 fully saturated rings. The number of esters is 1. The number of carboxylic acids is 1. The summed E-state index contributed by atoms with van der Waals surface area (Å²) in [4.78, 5) is 21.1. The van der Waals surface area contributed by atoms with E-state index in [2.05, 4.69) is 4.74 Å². The molecule has 9 heteroatoms. The van der Waals surface area contributed by atoms with E-state index in [1.165, 1.54) is 0 Å². The van der Waals surface area contributed by atoms with E-state index in [4.69, 9.17) is 42.9 Å². The first-order valence-electron chi connectivity index (χ1n) is 7.87. The molecule has 0 aromatic heterocycles. The standard InChI is InChI=1S/C8H16O3.C5H10O2.C3H8O2.CH2Cl2/c1-8(2,3)7(9)11-6-5-10-4;1-5(2,3)4(6)7;1-5-3-2-4;2-1-3/h5-6H2,1-4H3;1-3H3,(H,6,7);4H,2-3H2,1H3;1H2. The maximum atomic E-state index is 11.1. The van der Waals surface area contributed by atoms with Gasteiger partial charge in [-0.2, -0.15) is 0 Å². The van der Waals surface area contributed by atoms with Crippen molar-refractivity contribution in [3.63, 3.8) is 0 Å². The summed E-state index contributed by atoms with van der Waals surface area (Å²) in [5, 5.41) is 16.4. The average Bonchev–Trinajstić information content (AvgIpc) is 2.48. The molecule has 0 bridgehead atoms. The molecule has 2 N–H and O–H groups in total. The van der Waals surface area contributed by atoms with Gasteiger partial charge in [-0.15, -0.1) is 23.2 Å². The fraction of sp³-hybridized carbons (Fsp3) is 0.882. The van der Waals surface area contributed by atoms with Crippen LogP contribution < -0.4 is 0 Å². The normalized spacial score (nSPS) is 10.1. The number of carboxylic acid groups (broad SMARTS) is 1. The molecular weight excluding hydrogens is 387 g/mol. The van der Waals surface area contributed by atoms with Crippen molar-refractivity contribution in [3.05, 3.63) is 0 Å². The first kappa shape index (κ1) is 33.0. The number of aliphatic hydroxyl groups excluding tert-OH is 1. The van der Waals surface area contributed by atoms with Gasteiger partial charge in [0.15, 0.2) is 0 Å². The highest BCUT2D eigenvalue weighted by Crippen LogP contribution is 2.14. The molecular formula is C17H36Cl2O7. The van der Waals surface area contributed by atoms with Gasteiger partial charge in [0, 0.05) is 14.2 Å². The van der Waals surface area contributed by atoms with Crippen LogP contribution >= 0.6 is 23.2 Å². The summed E-state index contributed by atoms with van der Waals surface area (Å²) in [6.45, 7) is 11.8. The zero-order valence-corrected chi connectivity index (χ0v) is 18.7. The Labute approximate surface area is 167 Å². The molecule has 0 aromatic carbocycles. The van der Waals surface area contributed by atoms with Gasteiger partial charge in [0.1, 0.15) is 6.61 Å². The molecule has 0 saturated heterocycles. The van der Waals surface area contributed by atoms with Crippen molar-refractivity contribution in [2.24, 2.45) is 10.8 Å². The third-order valence-corrected chi connectivity index (χ3v) is 2.07. The number of carbonyl (C=O) groups is 2. The number of aliphatic hydroxyl groups is 1. The summed E-state index contributed by atoms with van der Waals surface area (Å²) in [7, 11) is 3.13. The summed E-state index contributed by atoms with van der Waals surface area (Å²) in [6, 6.07) is 0. The highest BCUT2D eigenvalue weighted by atomic mass is 35.5. The monoisotopic (exact) mass is 422 g/mol. The Kier molecular flexibility index (Phi) is 26.3. The minimum absolute atomic E-state index is 0.122. The van der Waals surface area contributed by atoms with Crippen LogP contribution in [0.2, 0.25) is 0 Å². The van der Waals surface area contributed by atoms with E-state index >= 15 is 0 Å². The highest BCUT2D eigenvalue weighted by molar-refractivity contribution is 6.40. The fourth-order valence-corrected chi connectivity index (χ4v) is 0.525. The smallest absolute Gasteiger partial charge is 0.311 e. The lowest BCUT2D eigenvalue weighted by molar-refractivity contribution is -0.154. The minimum Gasteiger partial charge on any atom is -0.481 e. The van der Waals surface area contributed by atoms with E-state index in [1.807, 2.05) is 20.8 Å². The molecule has 26 heavy (non-hydrogen) atoms. The van der Waals surface area contributed by atoms with Gasteiger partial charge in [-0.05, 0) is 41.5 Å². The molecule has 0 rings (SSSR count). The van der Waals surface area contributed by atoms with Gasteiger partial charge >= 0.3 is 11.9 Å². The minimum atomic E-state index is -0.757. The summed E-state index contributed by atoms with van der Waals surface area (Å²) in [5.41, 5.74) is -0.992. The molecule has 0 unspecified atom stereocenters. The second-order valence-electron chi connectivity index (χ2n) is 6.75. The van der Waals surface area contributed by atoms with Crippen molar-refractivity contribution in [1.29, 1.82) is 0 Å². The maximum absolute atomic E-state index is 11.1. The molecule has 0 amide bonds. The largest absolute Gasteiger partial charge is 0.481 e. The quantitative estimate of drug-likeness (QED) is 0.397. The first-order valence-corrected chi connectivity index (χ1v) is 8.94.